The van der Waals surface area contributed by atoms with E-state index in [4.69, 9.17) is 4.52 Å². The number of benzene rings is 2. The Morgan fingerprint density at radius 2 is 1.91 bits per heavy atom. The largest absolute Gasteiger partial charge is 0.330 e. The zero-order valence-electron chi connectivity index (χ0n) is 17.7. The van der Waals surface area contributed by atoms with Gasteiger partial charge in [0.05, 0.1) is 5.75 Å². The monoisotopic (exact) mass is 448 g/mol. The van der Waals surface area contributed by atoms with E-state index in [1.165, 1.54) is 18.7 Å². The minimum Gasteiger partial charge on any atom is -0.330 e. The van der Waals surface area contributed by atoms with Crippen molar-refractivity contribution in [1.29, 1.82) is 0 Å². The van der Waals surface area contributed by atoms with Gasteiger partial charge in [0.2, 0.25) is 17.6 Å². The number of anilines is 1. The number of carbonyl (C=O) groups is 2. The number of rotatable bonds is 7. The number of aromatic nitrogens is 5. The van der Waals surface area contributed by atoms with E-state index >= 15 is 0 Å². The Balaban J connectivity index is 1.41. The van der Waals surface area contributed by atoms with Crippen LogP contribution in [0.5, 0.6) is 0 Å². The standard InChI is InChI=1S/C22H20N6O3S/c1-13-7-9-15(10-8-13)19-24-21(31-27-19)20-25-26-22(28(20)3)32-12-18(30)23-17-6-4-5-16(11-17)14(2)29/h4-11H,12H2,1-3H3,(H,23,30). The summed E-state index contributed by atoms with van der Waals surface area (Å²) in [6.07, 6.45) is 0. The average Bonchev–Trinajstić information content (AvgIpc) is 3.40. The van der Waals surface area contributed by atoms with Crippen LogP contribution >= 0.6 is 11.8 Å². The molecule has 0 saturated carbocycles. The molecule has 0 aliphatic rings. The third kappa shape index (κ3) is 4.75. The number of thioether (sulfide) groups is 1. The lowest BCUT2D eigenvalue weighted by atomic mass is 10.1. The van der Waals surface area contributed by atoms with Crippen LogP contribution in [-0.2, 0) is 11.8 Å². The molecule has 0 radical (unpaired) electrons. The molecule has 162 valence electrons. The molecule has 0 spiro atoms. The number of aryl methyl sites for hydroxylation is 1. The van der Waals surface area contributed by atoms with Crippen molar-refractivity contribution < 1.29 is 14.1 Å². The van der Waals surface area contributed by atoms with Gasteiger partial charge in [0, 0.05) is 23.9 Å². The van der Waals surface area contributed by atoms with Crippen molar-refractivity contribution >= 4 is 29.1 Å². The molecule has 0 bridgehead atoms. The first-order chi connectivity index (χ1) is 15.4. The third-order valence-corrected chi connectivity index (χ3v) is 5.67. The molecule has 0 saturated heterocycles. The van der Waals surface area contributed by atoms with E-state index in [2.05, 4.69) is 25.7 Å². The lowest BCUT2D eigenvalue weighted by molar-refractivity contribution is -0.113. The van der Waals surface area contributed by atoms with Gasteiger partial charge < -0.3 is 14.4 Å². The van der Waals surface area contributed by atoms with Crippen molar-refractivity contribution in [3.63, 3.8) is 0 Å². The fourth-order valence-corrected chi connectivity index (χ4v) is 3.62. The number of amides is 1. The van der Waals surface area contributed by atoms with E-state index in [0.29, 0.717) is 28.1 Å². The maximum absolute atomic E-state index is 12.3. The smallest absolute Gasteiger partial charge is 0.296 e. The van der Waals surface area contributed by atoms with Crippen molar-refractivity contribution in [2.24, 2.45) is 7.05 Å². The molecule has 0 fully saturated rings. The zero-order chi connectivity index (χ0) is 22.7. The highest BCUT2D eigenvalue weighted by molar-refractivity contribution is 7.99. The lowest BCUT2D eigenvalue weighted by Crippen LogP contribution is -2.14. The molecule has 4 aromatic rings. The molecule has 32 heavy (non-hydrogen) atoms. The van der Waals surface area contributed by atoms with Gasteiger partial charge in [0.15, 0.2) is 10.9 Å². The van der Waals surface area contributed by atoms with Crippen molar-refractivity contribution in [1.82, 2.24) is 24.9 Å². The number of hydrogen-bond donors (Lipinski definition) is 1. The molecule has 0 unspecified atom stereocenters. The summed E-state index contributed by atoms with van der Waals surface area (Å²) in [6, 6.07) is 14.6. The Morgan fingerprint density at radius 3 is 2.66 bits per heavy atom. The van der Waals surface area contributed by atoms with Gasteiger partial charge >= 0.3 is 0 Å². The molecule has 0 aliphatic heterocycles. The van der Waals surface area contributed by atoms with Crippen molar-refractivity contribution in [2.75, 3.05) is 11.1 Å². The van der Waals surface area contributed by atoms with Crippen LogP contribution in [0.2, 0.25) is 0 Å². The number of hydrogen-bond acceptors (Lipinski definition) is 8. The Morgan fingerprint density at radius 1 is 1.12 bits per heavy atom. The minimum atomic E-state index is -0.223. The normalized spacial score (nSPS) is 10.8. The fourth-order valence-electron chi connectivity index (χ4n) is 2.90. The summed E-state index contributed by atoms with van der Waals surface area (Å²) in [7, 11) is 1.77. The number of carbonyl (C=O) groups excluding carboxylic acids is 2. The fraction of sp³-hybridized carbons (Fsp3) is 0.182. The Hall–Kier alpha value is -3.79. The van der Waals surface area contributed by atoms with Crippen molar-refractivity contribution in [3.8, 4) is 23.1 Å². The van der Waals surface area contributed by atoms with Crippen LogP contribution in [-0.4, -0.2) is 42.3 Å². The van der Waals surface area contributed by atoms with E-state index in [0.717, 1.165) is 11.1 Å². The molecular weight excluding hydrogens is 428 g/mol. The van der Waals surface area contributed by atoms with Gasteiger partial charge in [-0.1, -0.05) is 58.9 Å². The second-order valence-corrected chi connectivity index (χ2v) is 8.07. The van der Waals surface area contributed by atoms with Crippen LogP contribution in [0.25, 0.3) is 23.1 Å². The van der Waals surface area contributed by atoms with Gasteiger partial charge in [0.25, 0.3) is 5.89 Å². The number of Topliss-reactive ketones (excluding diaryl/α,β-unsaturated/α-hetero) is 1. The molecular formula is C22H20N6O3S. The second-order valence-electron chi connectivity index (χ2n) is 7.13. The van der Waals surface area contributed by atoms with Crippen LogP contribution in [0.3, 0.4) is 0 Å². The van der Waals surface area contributed by atoms with Crippen molar-refractivity contribution in [3.05, 3.63) is 59.7 Å². The van der Waals surface area contributed by atoms with Gasteiger partial charge in [-0.2, -0.15) is 4.98 Å². The van der Waals surface area contributed by atoms with E-state index in [9.17, 15) is 9.59 Å². The van der Waals surface area contributed by atoms with E-state index in [-0.39, 0.29) is 23.3 Å². The molecule has 2 aromatic carbocycles. The Bertz CT molecular complexity index is 1280. The minimum absolute atomic E-state index is 0.0614. The SMILES string of the molecule is CC(=O)c1cccc(NC(=O)CSc2nnc(-c3nc(-c4ccc(C)cc4)no3)n2C)c1. The highest BCUT2D eigenvalue weighted by Crippen LogP contribution is 2.24. The van der Waals surface area contributed by atoms with Gasteiger partial charge in [-0.25, -0.2) is 0 Å². The van der Waals surface area contributed by atoms with Gasteiger partial charge in [-0.15, -0.1) is 10.2 Å². The zero-order valence-corrected chi connectivity index (χ0v) is 18.5. The van der Waals surface area contributed by atoms with Crippen LogP contribution in [0, 0.1) is 6.92 Å². The second kappa shape index (κ2) is 9.15. The first kappa shape index (κ1) is 21.4. The maximum atomic E-state index is 12.3. The summed E-state index contributed by atoms with van der Waals surface area (Å²) in [5.74, 6) is 0.952. The molecule has 0 atom stereocenters. The maximum Gasteiger partial charge on any atom is 0.296 e. The summed E-state index contributed by atoms with van der Waals surface area (Å²) in [6.45, 7) is 3.49. The van der Waals surface area contributed by atoms with E-state index in [1.807, 2.05) is 31.2 Å². The summed E-state index contributed by atoms with van der Waals surface area (Å²) in [5.41, 5.74) is 3.09. The third-order valence-electron chi connectivity index (χ3n) is 4.65. The van der Waals surface area contributed by atoms with Crippen LogP contribution in [0.1, 0.15) is 22.8 Å². The van der Waals surface area contributed by atoms with Gasteiger partial charge in [-0.05, 0) is 26.0 Å². The summed E-state index contributed by atoms with van der Waals surface area (Å²) in [4.78, 5) is 28.2. The molecule has 0 aliphatic carbocycles. The predicted octanol–water partition coefficient (Wildman–Crippen LogP) is 3.77. The molecule has 10 heteroatoms. The number of ketones is 1. The van der Waals surface area contributed by atoms with Crippen LogP contribution in [0.4, 0.5) is 5.69 Å². The number of nitrogens with one attached hydrogen (secondary N) is 1. The molecule has 4 rings (SSSR count). The first-order valence-corrected chi connectivity index (χ1v) is 10.7. The first-order valence-electron chi connectivity index (χ1n) is 9.75. The summed E-state index contributed by atoms with van der Waals surface area (Å²) in [5, 5.41) is 15.6. The number of nitrogens with zero attached hydrogens (tertiary/aromatic N) is 5. The van der Waals surface area contributed by atoms with Crippen LogP contribution in [0.15, 0.2) is 58.2 Å². The molecule has 1 N–H and O–H groups in total. The van der Waals surface area contributed by atoms with E-state index in [1.54, 1.807) is 35.9 Å². The molecule has 2 aromatic heterocycles. The van der Waals surface area contributed by atoms with Crippen LogP contribution < -0.4 is 5.32 Å². The summed E-state index contributed by atoms with van der Waals surface area (Å²) < 4.78 is 7.06. The Kier molecular flexibility index (Phi) is 6.13. The highest BCUT2D eigenvalue weighted by Gasteiger charge is 2.19. The predicted molar refractivity (Wildman–Crippen MR) is 120 cm³/mol. The van der Waals surface area contributed by atoms with Gasteiger partial charge in [0.1, 0.15) is 0 Å². The average molecular weight is 449 g/mol. The van der Waals surface area contributed by atoms with Crippen molar-refractivity contribution in [2.45, 2.75) is 19.0 Å². The molecule has 1 amide bonds. The van der Waals surface area contributed by atoms with E-state index < -0.39 is 0 Å². The quantitative estimate of drug-likeness (QED) is 0.335. The highest BCUT2D eigenvalue weighted by atomic mass is 32.2. The molecule has 9 nitrogen and oxygen atoms in total. The topological polar surface area (TPSA) is 116 Å². The van der Waals surface area contributed by atoms with Gasteiger partial charge in [-0.3, -0.25) is 9.59 Å². The lowest BCUT2D eigenvalue weighted by Gasteiger charge is -2.06. The Labute approximate surface area is 188 Å². The molecule has 2 heterocycles. The summed E-state index contributed by atoms with van der Waals surface area (Å²) >= 11 is 1.23.